The molecule has 23 heavy (non-hydrogen) atoms. The normalized spacial score (nSPS) is 11.6. The molecule has 2 aromatic rings. The van der Waals surface area contributed by atoms with Gasteiger partial charge in [0.25, 0.3) is 0 Å². The lowest BCUT2D eigenvalue weighted by Gasteiger charge is -2.18. The van der Waals surface area contributed by atoms with Crippen LogP contribution in [-0.4, -0.2) is 16.8 Å². The Labute approximate surface area is 140 Å². The van der Waals surface area contributed by atoms with Crippen LogP contribution < -0.4 is 10.6 Å². The quantitative estimate of drug-likeness (QED) is 0.883. The Kier molecular flexibility index (Phi) is 5.71. The molecule has 1 heterocycles. The molecule has 0 saturated carbocycles. The zero-order valence-electron chi connectivity index (χ0n) is 13.0. The minimum absolute atomic E-state index is 0.118. The summed E-state index contributed by atoms with van der Waals surface area (Å²) >= 11 is 5.76. The Bertz CT molecular complexity index is 684. The molecule has 0 aliphatic carbocycles. The third-order valence-corrected chi connectivity index (χ3v) is 3.47. The first kappa shape index (κ1) is 17.0. The number of rotatable bonds is 5. The lowest BCUT2D eigenvalue weighted by molar-refractivity contribution is -0.120. The Morgan fingerprint density at radius 2 is 1.87 bits per heavy atom. The monoisotopic (exact) mass is 331 g/mol. The van der Waals surface area contributed by atoms with Crippen LogP contribution in [0.2, 0.25) is 5.02 Å². The highest BCUT2D eigenvalue weighted by Gasteiger charge is 2.17. The van der Waals surface area contributed by atoms with E-state index in [1.165, 1.54) is 13.1 Å². The van der Waals surface area contributed by atoms with Gasteiger partial charge < -0.3 is 10.6 Å². The molecule has 2 rings (SSSR count). The number of hydrogen-bond acceptors (Lipinski definition) is 3. The van der Waals surface area contributed by atoms with Gasteiger partial charge in [-0.3, -0.25) is 9.59 Å². The number of carbonyl (C=O) groups is 2. The maximum absolute atomic E-state index is 12.2. The smallest absolute Gasteiger partial charge is 0.227 e. The summed E-state index contributed by atoms with van der Waals surface area (Å²) in [5.41, 5.74) is 2.00. The van der Waals surface area contributed by atoms with Crippen molar-refractivity contribution in [2.45, 2.75) is 26.3 Å². The van der Waals surface area contributed by atoms with Crippen LogP contribution in [0.15, 0.2) is 42.6 Å². The van der Waals surface area contributed by atoms with Gasteiger partial charge in [-0.15, -0.1) is 0 Å². The minimum atomic E-state index is -0.389. The highest BCUT2D eigenvalue weighted by Crippen LogP contribution is 2.19. The van der Waals surface area contributed by atoms with Crippen LogP contribution in [0.5, 0.6) is 0 Å². The SMILES string of the molecule is CC(=O)N[C@@H](CC(=O)Nc1ccc(Cl)cn1)c1ccc(C)cc1. The van der Waals surface area contributed by atoms with E-state index >= 15 is 0 Å². The number of amides is 2. The molecule has 5 nitrogen and oxygen atoms in total. The third-order valence-electron chi connectivity index (χ3n) is 3.24. The zero-order chi connectivity index (χ0) is 16.8. The number of nitrogens with one attached hydrogen (secondary N) is 2. The van der Waals surface area contributed by atoms with Crippen molar-refractivity contribution in [2.24, 2.45) is 0 Å². The third kappa shape index (κ3) is 5.38. The van der Waals surface area contributed by atoms with E-state index in [4.69, 9.17) is 11.6 Å². The topological polar surface area (TPSA) is 71.1 Å². The van der Waals surface area contributed by atoms with Gasteiger partial charge in [0, 0.05) is 13.1 Å². The van der Waals surface area contributed by atoms with Crippen LogP contribution in [0.4, 0.5) is 5.82 Å². The van der Waals surface area contributed by atoms with E-state index in [0.717, 1.165) is 11.1 Å². The lowest BCUT2D eigenvalue weighted by atomic mass is 10.0. The highest BCUT2D eigenvalue weighted by molar-refractivity contribution is 6.30. The van der Waals surface area contributed by atoms with Crippen LogP contribution in [-0.2, 0) is 9.59 Å². The van der Waals surface area contributed by atoms with Gasteiger partial charge in [-0.1, -0.05) is 41.4 Å². The number of aryl methyl sites for hydroxylation is 1. The van der Waals surface area contributed by atoms with E-state index in [-0.39, 0.29) is 24.3 Å². The molecule has 0 spiro atoms. The van der Waals surface area contributed by atoms with Crippen LogP contribution in [0.1, 0.15) is 30.5 Å². The summed E-state index contributed by atoms with van der Waals surface area (Å²) < 4.78 is 0. The summed E-state index contributed by atoms with van der Waals surface area (Å²) in [4.78, 5) is 27.6. The lowest BCUT2D eigenvalue weighted by Crippen LogP contribution is -2.29. The second-order valence-corrected chi connectivity index (χ2v) is 5.71. The summed E-state index contributed by atoms with van der Waals surface area (Å²) in [6, 6.07) is 10.6. The fourth-order valence-corrected chi connectivity index (χ4v) is 2.24. The predicted molar refractivity (Wildman–Crippen MR) is 90.2 cm³/mol. The Balaban J connectivity index is 2.07. The molecule has 2 N–H and O–H groups in total. The van der Waals surface area contributed by atoms with Crippen molar-refractivity contribution in [3.8, 4) is 0 Å². The van der Waals surface area contributed by atoms with Crippen LogP contribution in [0.25, 0.3) is 0 Å². The zero-order valence-corrected chi connectivity index (χ0v) is 13.7. The van der Waals surface area contributed by atoms with Gasteiger partial charge in [-0.2, -0.15) is 0 Å². The maximum Gasteiger partial charge on any atom is 0.227 e. The van der Waals surface area contributed by atoms with E-state index in [2.05, 4.69) is 15.6 Å². The summed E-state index contributed by atoms with van der Waals surface area (Å²) in [7, 11) is 0. The first-order valence-electron chi connectivity index (χ1n) is 7.19. The molecule has 0 fully saturated rings. The van der Waals surface area contributed by atoms with E-state index < -0.39 is 0 Å². The van der Waals surface area contributed by atoms with Gasteiger partial charge in [0.2, 0.25) is 11.8 Å². The number of nitrogens with zero attached hydrogens (tertiary/aromatic N) is 1. The fourth-order valence-electron chi connectivity index (χ4n) is 2.13. The summed E-state index contributed by atoms with van der Waals surface area (Å²) in [6.45, 7) is 3.41. The minimum Gasteiger partial charge on any atom is -0.349 e. The molecule has 1 aromatic heterocycles. The van der Waals surface area contributed by atoms with Crippen LogP contribution >= 0.6 is 11.6 Å². The van der Waals surface area contributed by atoms with Gasteiger partial charge in [-0.05, 0) is 24.6 Å². The summed E-state index contributed by atoms with van der Waals surface area (Å²) in [5.74, 6) is -0.00276. The molecule has 0 unspecified atom stereocenters. The van der Waals surface area contributed by atoms with Crippen molar-refractivity contribution in [1.82, 2.24) is 10.3 Å². The average Bonchev–Trinajstić information content (AvgIpc) is 2.49. The molecule has 0 aliphatic heterocycles. The van der Waals surface area contributed by atoms with Crippen molar-refractivity contribution in [1.29, 1.82) is 0 Å². The molecule has 6 heteroatoms. The predicted octanol–water partition coefficient (Wildman–Crippen LogP) is 3.25. The average molecular weight is 332 g/mol. The second kappa shape index (κ2) is 7.74. The van der Waals surface area contributed by atoms with E-state index in [9.17, 15) is 9.59 Å². The highest BCUT2D eigenvalue weighted by atomic mass is 35.5. The van der Waals surface area contributed by atoms with Crippen LogP contribution in [0, 0.1) is 6.92 Å². The number of aromatic nitrogens is 1. The summed E-state index contributed by atoms with van der Waals surface area (Å²) in [6.07, 6.45) is 1.58. The van der Waals surface area contributed by atoms with Crippen molar-refractivity contribution in [2.75, 3.05) is 5.32 Å². The molecule has 1 aromatic carbocycles. The first-order chi connectivity index (χ1) is 10.9. The molecular formula is C17H18ClN3O2. The molecule has 0 aliphatic rings. The van der Waals surface area contributed by atoms with Crippen molar-refractivity contribution < 1.29 is 9.59 Å². The first-order valence-corrected chi connectivity index (χ1v) is 7.57. The number of carbonyl (C=O) groups excluding carboxylic acids is 2. The Morgan fingerprint density at radius 3 is 2.43 bits per heavy atom. The van der Waals surface area contributed by atoms with Gasteiger partial charge >= 0.3 is 0 Å². The maximum atomic E-state index is 12.2. The van der Waals surface area contributed by atoms with E-state index in [1.807, 2.05) is 31.2 Å². The number of benzene rings is 1. The molecule has 120 valence electrons. The summed E-state index contributed by atoms with van der Waals surface area (Å²) in [5, 5.41) is 5.99. The number of anilines is 1. The fraction of sp³-hybridized carbons (Fsp3) is 0.235. The van der Waals surface area contributed by atoms with Crippen molar-refractivity contribution in [3.63, 3.8) is 0 Å². The second-order valence-electron chi connectivity index (χ2n) is 5.28. The van der Waals surface area contributed by atoms with Crippen molar-refractivity contribution in [3.05, 3.63) is 58.7 Å². The molecular weight excluding hydrogens is 314 g/mol. The number of hydrogen-bond donors (Lipinski definition) is 2. The Hall–Kier alpha value is -2.40. The van der Waals surface area contributed by atoms with Crippen LogP contribution in [0.3, 0.4) is 0 Å². The molecule has 2 amide bonds. The number of pyridine rings is 1. The Morgan fingerprint density at radius 1 is 1.17 bits per heavy atom. The van der Waals surface area contributed by atoms with E-state index in [1.54, 1.807) is 12.1 Å². The van der Waals surface area contributed by atoms with Crippen molar-refractivity contribution >= 4 is 29.2 Å². The van der Waals surface area contributed by atoms with Gasteiger partial charge in [0.1, 0.15) is 5.82 Å². The van der Waals surface area contributed by atoms with Gasteiger partial charge in [0.15, 0.2) is 0 Å². The molecule has 0 bridgehead atoms. The molecule has 0 radical (unpaired) electrons. The standard InChI is InChI=1S/C17H18ClN3O2/c1-11-3-5-13(6-4-11)15(20-12(2)22)9-17(23)21-16-8-7-14(18)10-19-16/h3-8,10,15H,9H2,1-2H3,(H,20,22)(H,19,21,23)/t15-/m0/s1. The molecule has 0 saturated heterocycles. The van der Waals surface area contributed by atoms with E-state index in [0.29, 0.717) is 10.8 Å². The van der Waals surface area contributed by atoms with Gasteiger partial charge in [0.05, 0.1) is 17.5 Å². The van der Waals surface area contributed by atoms with Gasteiger partial charge in [-0.25, -0.2) is 4.98 Å². The molecule has 1 atom stereocenters. The largest absolute Gasteiger partial charge is 0.349 e. The number of halogens is 1.